The van der Waals surface area contributed by atoms with Gasteiger partial charge in [0, 0.05) is 51.4 Å². The second kappa shape index (κ2) is 10.3. The van der Waals surface area contributed by atoms with Crippen molar-refractivity contribution in [3.8, 4) is 0 Å². The van der Waals surface area contributed by atoms with Crippen LogP contribution in [0.3, 0.4) is 0 Å². The number of carbonyl (C=O) groups excluding carboxylic acids is 2. The smallest absolute Gasteiger partial charge is 0.253 e. The molecule has 2 aliphatic rings. The second-order valence-electron chi connectivity index (χ2n) is 9.40. The second-order valence-corrected chi connectivity index (χ2v) is 9.40. The van der Waals surface area contributed by atoms with Gasteiger partial charge in [-0.3, -0.25) is 14.5 Å². The van der Waals surface area contributed by atoms with Crippen molar-refractivity contribution < 1.29 is 9.59 Å². The van der Waals surface area contributed by atoms with Gasteiger partial charge in [0.1, 0.15) is 0 Å². The molecular weight excluding hydrogens is 398 g/mol. The third-order valence-electron chi connectivity index (χ3n) is 6.78. The van der Waals surface area contributed by atoms with Gasteiger partial charge in [0.25, 0.3) is 5.91 Å². The maximum Gasteiger partial charge on any atom is 0.253 e. The third-order valence-corrected chi connectivity index (χ3v) is 6.78. The lowest BCUT2D eigenvalue weighted by Gasteiger charge is -2.35. The normalized spacial score (nSPS) is 20.1. The van der Waals surface area contributed by atoms with E-state index in [0.29, 0.717) is 12.1 Å². The van der Waals surface area contributed by atoms with Gasteiger partial charge in [0.15, 0.2) is 0 Å². The summed E-state index contributed by atoms with van der Waals surface area (Å²) in [6.07, 6.45) is 2.76. The maximum absolute atomic E-state index is 13.3. The first-order valence-corrected chi connectivity index (χ1v) is 11.9. The fourth-order valence-electron chi connectivity index (χ4n) is 4.80. The largest absolute Gasteiger partial charge is 0.341 e. The fourth-order valence-corrected chi connectivity index (χ4v) is 4.80. The minimum atomic E-state index is -0.0817. The molecule has 0 spiro atoms. The molecule has 2 amide bonds. The Bertz CT molecular complexity index is 923. The van der Waals surface area contributed by atoms with Crippen molar-refractivity contribution in [1.82, 2.24) is 14.7 Å². The van der Waals surface area contributed by atoms with Crippen molar-refractivity contribution in [1.29, 1.82) is 0 Å². The number of amides is 2. The summed E-state index contributed by atoms with van der Waals surface area (Å²) in [6.45, 7) is 9.84. The molecule has 0 radical (unpaired) electrons. The lowest BCUT2D eigenvalue weighted by molar-refractivity contribution is -0.136. The van der Waals surface area contributed by atoms with Crippen LogP contribution in [0.2, 0.25) is 0 Å². The van der Waals surface area contributed by atoms with Crippen LogP contribution < -0.4 is 0 Å². The van der Waals surface area contributed by atoms with Crippen LogP contribution in [-0.4, -0.2) is 65.8 Å². The first-order valence-electron chi connectivity index (χ1n) is 11.9. The van der Waals surface area contributed by atoms with Gasteiger partial charge < -0.3 is 9.80 Å². The molecule has 2 heterocycles. The highest BCUT2D eigenvalue weighted by atomic mass is 16.2. The van der Waals surface area contributed by atoms with Crippen LogP contribution in [-0.2, 0) is 11.3 Å². The van der Waals surface area contributed by atoms with Crippen molar-refractivity contribution in [2.75, 3.05) is 39.3 Å². The Labute approximate surface area is 192 Å². The van der Waals surface area contributed by atoms with Crippen LogP contribution in [0, 0.1) is 19.8 Å². The van der Waals surface area contributed by atoms with Crippen LogP contribution in [0.5, 0.6) is 0 Å². The summed E-state index contributed by atoms with van der Waals surface area (Å²) < 4.78 is 0. The summed E-state index contributed by atoms with van der Waals surface area (Å²) in [5.41, 5.74) is 4.47. The molecule has 5 nitrogen and oxygen atoms in total. The Morgan fingerprint density at radius 3 is 2.16 bits per heavy atom. The number of rotatable bonds is 4. The van der Waals surface area contributed by atoms with E-state index in [1.54, 1.807) is 0 Å². The molecule has 0 saturated carbocycles. The highest BCUT2D eigenvalue weighted by Gasteiger charge is 2.32. The lowest BCUT2D eigenvalue weighted by atomic mass is 9.95. The Morgan fingerprint density at radius 2 is 1.44 bits per heavy atom. The average Bonchev–Trinajstić information content (AvgIpc) is 3.06. The number of hydrogen-bond acceptors (Lipinski definition) is 3. The van der Waals surface area contributed by atoms with Gasteiger partial charge in [-0.1, -0.05) is 47.5 Å². The summed E-state index contributed by atoms with van der Waals surface area (Å²) in [4.78, 5) is 32.6. The molecule has 2 aliphatic heterocycles. The van der Waals surface area contributed by atoms with E-state index in [4.69, 9.17) is 0 Å². The van der Waals surface area contributed by atoms with Crippen molar-refractivity contribution >= 4 is 11.8 Å². The zero-order valence-corrected chi connectivity index (χ0v) is 19.4. The number of aryl methyl sites for hydroxylation is 2. The number of hydrogen-bond donors (Lipinski definition) is 0. The van der Waals surface area contributed by atoms with E-state index in [1.807, 2.05) is 41.0 Å². The maximum atomic E-state index is 13.3. The van der Waals surface area contributed by atoms with Gasteiger partial charge in [-0.2, -0.15) is 0 Å². The Morgan fingerprint density at radius 1 is 0.781 bits per heavy atom. The molecule has 1 atom stereocenters. The molecule has 1 unspecified atom stereocenters. The first-order chi connectivity index (χ1) is 15.5. The lowest BCUT2D eigenvalue weighted by Crippen LogP contribution is -2.47. The molecule has 32 heavy (non-hydrogen) atoms. The van der Waals surface area contributed by atoms with E-state index in [9.17, 15) is 9.59 Å². The zero-order valence-electron chi connectivity index (χ0n) is 19.4. The van der Waals surface area contributed by atoms with Crippen molar-refractivity contribution in [3.63, 3.8) is 0 Å². The number of carbonyl (C=O) groups is 2. The van der Waals surface area contributed by atoms with Crippen LogP contribution in [0.4, 0.5) is 0 Å². The molecular formula is C27H35N3O2. The van der Waals surface area contributed by atoms with Crippen molar-refractivity contribution in [3.05, 3.63) is 70.8 Å². The minimum absolute atomic E-state index is 0.0441. The predicted molar refractivity (Wildman–Crippen MR) is 127 cm³/mol. The monoisotopic (exact) mass is 433 g/mol. The highest BCUT2D eigenvalue weighted by molar-refractivity contribution is 5.94. The molecule has 0 bridgehead atoms. The molecule has 2 saturated heterocycles. The Hall–Kier alpha value is -2.66. The van der Waals surface area contributed by atoms with E-state index < -0.39 is 0 Å². The number of piperidine rings is 1. The average molecular weight is 434 g/mol. The first kappa shape index (κ1) is 22.5. The zero-order chi connectivity index (χ0) is 22.5. The third kappa shape index (κ3) is 5.57. The SMILES string of the molecule is Cc1ccc(CN2CCCN(C(=O)C3CCCN(C(=O)c4ccc(C)cc4)C3)CC2)cc1. The van der Waals surface area contributed by atoms with Gasteiger partial charge in [-0.25, -0.2) is 0 Å². The molecule has 0 aliphatic carbocycles. The van der Waals surface area contributed by atoms with Crippen LogP contribution in [0.15, 0.2) is 48.5 Å². The van der Waals surface area contributed by atoms with Gasteiger partial charge in [0.05, 0.1) is 5.92 Å². The molecule has 5 heteroatoms. The minimum Gasteiger partial charge on any atom is -0.341 e. The van der Waals surface area contributed by atoms with Crippen LogP contribution >= 0.6 is 0 Å². The predicted octanol–water partition coefficient (Wildman–Crippen LogP) is 3.89. The van der Waals surface area contributed by atoms with Crippen LogP contribution in [0.25, 0.3) is 0 Å². The molecule has 2 aromatic carbocycles. The topological polar surface area (TPSA) is 43.9 Å². The van der Waals surface area contributed by atoms with Gasteiger partial charge in [-0.05, 0) is 50.8 Å². The molecule has 0 aromatic heterocycles. The quantitative estimate of drug-likeness (QED) is 0.735. The molecule has 0 N–H and O–H groups in total. The Balaban J connectivity index is 1.32. The fraction of sp³-hybridized carbons (Fsp3) is 0.481. The highest BCUT2D eigenvalue weighted by Crippen LogP contribution is 2.22. The molecule has 2 aromatic rings. The standard InChI is InChI=1S/C27H35N3O2/c1-21-6-10-23(11-7-21)19-28-14-4-16-29(18-17-28)27(32)25-5-3-15-30(20-25)26(31)24-12-8-22(2)9-13-24/h6-13,25H,3-5,14-20H2,1-2H3. The molecule has 170 valence electrons. The molecule has 2 fully saturated rings. The van der Waals surface area contributed by atoms with E-state index in [1.165, 1.54) is 11.1 Å². The van der Waals surface area contributed by atoms with Gasteiger partial charge in [-0.15, -0.1) is 0 Å². The van der Waals surface area contributed by atoms with Crippen molar-refractivity contribution in [2.24, 2.45) is 5.92 Å². The van der Waals surface area contributed by atoms with E-state index >= 15 is 0 Å². The molecule has 4 rings (SSSR count). The number of likely N-dealkylation sites (tertiary alicyclic amines) is 1. The summed E-state index contributed by atoms with van der Waals surface area (Å²) in [6, 6.07) is 16.4. The van der Waals surface area contributed by atoms with E-state index in [0.717, 1.165) is 64.1 Å². The van der Waals surface area contributed by atoms with Gasteiger partial charge in [0.2, 0.25) is 5.91 Å². The number of nitrogens with zero attached hydrogens (tertiary/aromatic N) is 3. The number of benzene rings is 2. The van der Waals surface area contributed by atoms with Gasteiger partial charge >= 0.3 is 0 Å². The summed E-state index contributed by atoms with van der Waals surface area (Å²) >= 11 is 0. The Kier molecular flexibility index (Phi) is 7.26. The van der Waals surface area contributed by atoms with Crippen molar-refractivity contribution in [2.45, 2.75) is 39.7 Å². The summed E-state index contributed by atoms with van der Waals surface area (Å²) in [5.74, 6) is 0.188. The van der Waals surface area contributed by atoms with E-state index in [-0.39, 0.29) is 17.7 Å². The summed E-state index contributed by atoms with van der Waals surface area (Å²) in [7, 11) is 0. The summed E-state index contributed by atoms with van der Waals surface area (Å²) in [5, 5.41) is 0. The van der Waals surface area contributed by atoms with Crippen LogP contribution in [0.1, 0.15) is 46.3 Å². The van der Waals surface area contributed by atoms with E-state index in [2.05, 4.69) is 36.1 Å².